The highest BCUT2D eigenvalue weighted by atomic mass is 16.5. The van der Waals surface area contributed by atoms with Gasteiger partial charge in [-0.05, 0) is 30.9 Å². The number of furan rings is 1. The fourth-order valence-corrected chi connectivity index (χ4v) is 3.31. The Hall–Kier alpha value is -1.81. The number of fused-ring (bicyclic) bond motifs is 1. The quantitative estimate of drug-likeness (QED) is 0.866. The first-order valence-electron chi connectivity index (χ1n) is 8.38. The Morgan fingerprint density at radius 2 is 2.22 bits per heavy atom. The molecule has 3 rings (SSSR count). The van der Waals surface area contributed by atoms with Crippen LogP contribution >= 0.6 is 0 Å². The van der Waals surface area contributed by atoms with Gasteiger partial charge in [-0.3, -0.25) is 4.79 Å². The Labute approximate surface area is 137 Å². The van der Waals surface area contributed by atoms with E-state index in [4.69, 9.17) is 9.15 Å². The first-order valence-corrected chi connectivity index (χ1v) is 8.38. The molecular weight excluding hydrogens is 290 g/mol. The van der Waals surface area contributed by atoms with Crippen molar-refractivity contribution in [2.45, 2.75) is 39.7 Å². The number of carbonyl (C=O) groups is 1. The monoisotopic (exact) mass is 315 g/mol. The molecule has 0 saturated carbocycles. The highest BCUT2D eigenvalue weighted by molar-refractivity contribution is 5.88. The Balaban J connectivity index is 1.76. The predicted molar refractivity (Wildman–Crippen MR) is 90.4 cm³/mol. The van der Waals surface area contributed by atoms with Gasteiger partial charge in [-0.15, -0.1) is 0 Å². The minimum atomic E-state index is 0.169. The molecule has 0 spiro atoms. The number of rotatable bonds is 4. The maximum absolute atomic E-state index is 12.8. The van der Waals surface area contributed by atoms with Gasteiger partial charge in [0.25, 0.3) is 0 Å². The number of morpholine rings is 1. The van der Waals surface area contributed by atoms with E-state index in [1.807, 2.05) is 24.0 Å². The van der Waals surface area contributed by atoms with Crippen LogP contribution in [0.3, 0.4) is 0 Å². The van der Waals surface area contributed by atoms with Crippen molar-refractivity contribution in [1.29, 1.82) is 0 Å². The zero-order valence-corrected chi connectivity index (χ0v) is 14.2. The summed E-state index contributed by atoms with van der Waals surface area (Å²) < 4.78 is 11.2. The second-order valence-corrected chi connectivity index (χ2v) is 6.88. The van der Waals surface area contributed by atoms with Crippen LogP contribution < -0.4 is 0 Å². The van der Waals surface area contributed by atoms with Crippen molar-refractivity contribution in [3.63, 3.8) is 0 Å². The summed E-state index contributed by atoms with van der Waals surface area (Å²) in [6, 6.07) is 6.31. The number of hydrogen-bond donors (Lipinski definition) is 0. The summed E-state index contributed by atoms with van der Waals surface area (Å²) in [6.07, 6.45) is 3.10. The molecule has 1 fully saturated rings. The van der Waals surface area contributed by atoms with Crippen LogP contribution in [0.4, 0.5) is 0 Å². The largest absolute Gasteiger partial charge is 0.464 e. The maximum Gasteiger partial charge on any atom is 0.227 e. The van der Waals surface area contributed by atoms with Gasteiger partial charge in [0.1, 0.15) is 5.58 Å². The molecule has 124 valence electrons. The molecule has 4 nitrogen and oxygen atoms in total. The van der Waals surface area contributed by atoms with Gasteiger partial charge in [-0.2, -0.15) is 0 Å². The average molecular weight is 315 g/mol. The topological polar surface area (TPSA) is 42.7 Å². The molecule has 0 aliphatic carbocycles. The Bertz CT molecular complexity index is 689. The lowest BCUT2D eigenvalue weighted by atomic mass is 10.0. The molecule has 1 amide bonds. The lowest BCUT2D eigenvalue weighted by molar-refractivity contribution is -0.139. The summed E-state index contributed by atoms with van der Waals surface area (Å²) in [4.78, 5) is 14.8. The van der Waals surface area contributed by atoms with Crippen molar-refractivity contribution in [2.24, 2.45) is 5.92 Å². The zero-order chi connectivity index (χ0) is 16.4. The maximum atomic E-state index is 12.8. The molecule has 1 atom stereocenters. The normalized spacial score (nSPS) is 18.8. The predicted octanol–water partition coefficient (Wildman–Crippen LogP) is 3.56. The fraction of sp³-hybridized carbons (Fsp3) is 0.526. The molecule has 23 heavy (non-hydrogen) atoms. The molecule has 0 radical (unpaired) electrons. The fourth-order valence-electron chi connectivity index (χ4n) is 3.31. The smallest absolute Gasteiger partial charge is 0.227 e. The van der Waals surface area contributed by atoms with Crippen molar-refractivity contribution in [2.75, 3.05) is 19.8 Å². The molecule has 1 aliphatic rings. The first kappa shape index (κ1) is 16.1. The molecule has 0 bridgehead atoms. The number of carbonyl (C=O) groups excluding carboxylic acids is 1. The van der Waals surface area contributed by atoms with Crippen LogP contribution in [0.1, 0.15) is 31.4 Å². The second kappa shape index (κ2) is 6.75. The Morgan fingerprint density at radius 3 is 3.00 bits per heavy atom. The summed E-state index contributed by atoms with van der Waals surface area (Å²) in [6.45, 7) is 8.37. The molecule has 1 aromatic heterocycles. The molecule has 1 unspecified atom stereocenters. The van der Waals surface area contributed by atoms with Gasteiger partial charge in [0, 0.05) is 17.5 Å². The highest BCUT2D eigenvalue weighted by Gasteiger charge is 2.28. The van der Waals surface area contributed by atoms with Crippen molar-refractivity contribution < 1.29 is 13.9 Å². The van der Waals surface area contributed by atoms with Gasteiger partial charge < -0.3 is 14.1 Å². The molecule has 2 heterocycles. The third-order valence-electron chi connectivity index (χ3n) is 4.44. The lowest BCUT2D eigenvalue weighted by Crippen LogP contribution is -2.49. The van der Waals surface area contributed by atoms with E-state index in [0.717, 1.165) is 28.5 Å². The Kier molecular flexibility index (Phi) is 4.71. The highest BCUT2D eigenvalue weighted by Crippen LogP contribution is 2.24. The number of aryl methyl sites for hydroxylation is 1. The molecule has 1 aliphatic heterocycles. The van der Waals surface area contributed by atoms with Gasteiger partial charge in [0.05, 0.1) is 31.9 Å². The second-order valence-electron chi connectivity index (χ2n) is 6.88. The van der Waals surface area contributed by atoms with Crippen molar-refractivity contribution >= 4 is 16.9 Å². The first-order chi connectivity index (χ1) is 11.0. The summed E-state index contributed by atoms with van der Waals surface area (Å²) in [7, 11) is 0. The zero-order valence-electron chi connectivity index (χ0n) is 14.2. The minimum Gasteiger partial charge on any atom is -0.464 e. The van der Waals surface area contributed by atoms with E-state index < -0.39 is 0 Å². The van der Waals surface area contributed by atoms with Crippen molar-refractivity contribution in [1.82, 2.24) is 4.90 Å². The summed E-state index contributed by atoms with van der Waals surface area (Å²) in [5, 5.41) is 1.04. The molecular formula is C19H25NO3. The molecule has 1 aromatic carbocycles. The third-order valence-corrected chi connectivity index (χ3v) is 4.44. The van der Waals surface area contributed by atoms with Crippen molar-refractivity contribution in [3.05, 3.63) is 35.6 Å². The SMILES string of the molecule is Cc1ccc2c(CC(=O)N3CCOCC3CC(C)C)coc2c1. The standard InChI is InChI=1S/C19H25NO3/c1-13(2)8-16-12-22-7-6-20(16)19(21)10-15-11-23-18-9-14(3)4-5-17(15)18/h4-5,9,11,13,16H,6-8,10,12H2,1-3H3. The summed E-state index contributed by atoms with van der Waals surface area (Å²) >= 11 is 0. The van der Waals surface area contributed by atoms with Crippen LogP contribution in [0.5, 0.6) is 0 Å². The van der Waals surface area contributed by atoms with E-state index in [2.05, 4.69) is 19.9 Å². The molecule has 1 saturated heterocycles. The van der Waals surface area contributed by atoms with E-state index in [1.54, 1.807) is 6.26 Å². The van der Waals surface area contributed by atoms with E-state index in [9.17, 15) is 4.79 Å². The van der Waals surface area contributed by atoms with Crippen molar-refractivity contribution in [3.8, 4) is 0 Å². The molecule has 4 heteroatoms. The van der Waals surface area contributed by atoms with Gasteiger partial charge in [-0.25, -0.2) is 0 Å². The summed E-state index contributed by atoms with van der Waals surface area (Å²) in [5.74, 6) is 0.719. The van der Waals surface area contributed by atoms with E-state index in [0.29, 0.717) is 32.1 Å². The molecule has 2 aromatic rings. The molecule has 0 N–H and O–H groups in total. The van der Waals surface area contributed by atoms with E-state index in [1.165, 1.54) is 0 Å². The van der Waals surface area contributed by atoms with Crippen LogP contribution in [0, 0.1) is 12.8 Å². The van der Waals surface area contributed by atoms with Crippen LogP contribution in [0.25, 0.3) is 11.0 Å². The third kappa shape index (κ3) is 3.58. The van der Waals surface area contributed by atoms with Crippen LogP contribution in [-0.4, -0.2) is 36.6 Å². The lowest BCUT2D eigenvalue weighted by Gasteiger charge is -2.36. The number of ether oxygens (including phenoxy) is 1. The van der Waals surface area contributed by atoms with Crippen LogP contribution in [-0.2, 0) is 16.0 Å². The van der Waals surface area contributed by atoms with E-state index in [-0.39, 0.29) is 11.9 Å². The van der Waals surface area contributed by atoms with Crippen LogP contribution in [0.15, 0.2) is 28.9 Å². The number of nitrogens with zero attached hydrogens (tertiary/aromatic N) is 1. The van der Waals surface area contributed by atoms with Gasteiger partial charge in [0.15, 0.2) is 0 Å². The van der Waals surface area contributed by atoms with Gasteiger partial charge in [0.2, 0.25) is 5.91 Å². The van der Waals surface area contributed by atoms with Gasteiger partial charge in [-0.1, -0.05) is 26.0 Å². The van der Waals surface area contributed by atoms with Gasteiger partial charge >= 0.3 is 0 Å². The average Bonchev–Trinajstić information content (AvgIpc) is 2.89. The summed E-state index contributed by atoms with van der Waals surface area (Å²) in [5.41, 5.74) is 2.99. The van der Waals surface area contributed by atoms with Crippen LogP contribution in [0.2, 0.25) is 0 Å². The number of hydrogen-bond acceptors (Lipinski definition) is 3. The number of amides is 1. The van der Waals surface area contributed by atoms with E-state index >= 15 is 0 Å². The Morgan fingerprint density at radius 1 is 1.39 bits per heavy atom. The number of benzene rings is 1. The minimum absolute atomic E-state index is 0.169.